The first kappa shape index (κ1) is 15.8. The third-order valence-corrected chi connectivity index (χ3v) is 2.83. The van der Waals surface area contributed by atoms with E-state index in [0.29, 0.717) is 43.8 Å². The lowest BCUT2D eigenvalue weighted by Crippen LogP contribution is -2.39. The highest BCUT2D eigenvalue weighted by Gasteiger charge is 2.11. The molecule has 0 radical (unpaired) electrons. The number of nitrogens with zero attached hydrogens (tertiary/aromatic N) is 3. The molecule has 8 nitrogen and oxygen atoms in total. The second kappa shape index (κ2) is 8.01. The Bertz CT molecular complexity index is 479. The van der Waals surface area contributed by atoms with Crippen molar-refractivity contribution in [1.82, 2.24) is 20.4 Å². The first-order chi connectivity index (χ1) is 9.60. The smallest absolute Gasteiger partial charge is 0.317 e. The van der Waals surface area contributed by atoms with Crippen molar-refractivity contribution in [2.45, 2.75) is 12.8 Å². The number of anilines is 1. The summed E-state index contributed by atoms with van der Waals surface area (Å²) in [6.45, 7) is 1.54. The van der Waals surface area contributed by atoms with Gasteiger partial charge in [-0.3, -0.25) is 5.10 Å². The lowest BCUT2D eigenvalue weighted by molar-refractivity contribution is 0.185. The van der Waals surface area contributed by atoms with Crippen LogP contribution in [0.3, 0.4) is 0 Å². The van der Waals surface area contributed by atoms with Crippen LogP contribution in [-0.4, -0.2) is 55.0 Å². The van der Waals surface area contributed by atoms with E-state index < -0.39 is 0 Å². The van der Waals surface area contributed by atoms with Crippen LogP contribution in [0.5, 0.6) is 0 Å². The summed E-state index contributed by atoms with van der Waals surface area (Å²) in [5, 5.41) is 18.2. The predicted molar refractivity (Wildman–Crippen MR) is 73.9 cm³/mol. The Balaban J connectivity index is 2.33. The molecule has 0 fully saturated rings. The van der Waals surface area contributed by atoms with Gasteiger partial charge in [0.1, 0.15) is 11.6 Å². The zero-order valence-electron chi connectivity index (χ0n) is 11.8. The summed E-state index contributed by atoms with van der Waals surface area (Å²) < 4.78 is 4.85. The fourth-order valence-electron chi connectivity index (χ4n) is 1.69. The molecule has 0 unspecified atom stereocenters. The number of carbonyl (C=O) groups is 1. The van der Waals surface area contributed by atoms with Crippen LogP contribution in [0.4, 0.5) is 10.6 Å². The Hall–Kier alpha value is -2.27. The number of methoxy groups -OCH3 is 1. The zero-order valence-corrected chi connectivity index (χ0v) is 11.8. The molecule has 1 rings (SSSR count). The molecule has 0 atom stereocenters. The van der Waals surface area contributed by atoms with E-state index in [1.54, 1.807) is 19.1 Å². The monoisotopic (exact) mass is 280 g/mol. The maximum Gasteiger partial charge on any atom is 0.317 e. The highest BCUT2D eigenvalue weighted by Crippen LogP contribution is 2.13. The number of aryl methyl sites for hydroxylation is 1. The Morgan fingerprint density at radius 1 is 1.65 bits per heavy atom. The molecule has 0 aromatic carbocycles. The molecule has 0 aliphatic rings. The number of rotatable bonds is 7. The fraction of sp³-hybridized carbons (Fsp3) is 0.583. The number of hydrogen-bond acceptors (Lipinski definition) is 5. The van der Waals surface area contributed by atoms with Gasteiger partial charge >= 0.3 is 6.03 Å². The molecule has 1 aromatic rings. The van der Waals surface area contributed by atoms with Gasteiger partial charge in [0.2, 0.25) is 0 Å². The summed E-state index contributed by atoms with van der Waals surface area (Å²) in [6, 6.07) is 1.87. The highest BCUT2D eigenvalue weighted by molar-refractivity contribution is 5.73. The molecule has 0 saturated heterocycles. The minimum Gasteiger partial charge on any atom is -0.383 e. The molecule has 4 N–H and O–H groups in total. The summed E-state index contributed by atoms with van der Waals surface area (Å²) in [5.41, 5.74) is 6.64. The topological polar surface area (TPSA) is 120 Å². The number of nitrogens with two attached hydrogens (primary N) is 1. The molecule has 0 saturated carbocycles. The van der Waals surface area contributed by atoms with Crippen molar-refractivity contribution in [2.75, 3.05) is 39.6 Å². The van der Waals surface area contributed by atoms with Gasteiger partial charge in [0.25, 0.3) is 0 Å². The second-order valence-corrected chi connectivity index (χ2v) is 4.32. The molecule has 0 aliphatic carbocycles. The van der Waals surface area contributed by atoms with Crippen LogP contribution < -0.4 is 11.1 Å². The summed E-state index contributed by atoms with van der Waals surface area (Å²) in [7, 11) is 3.30. The number of nitrogens with one attached hydrogen (secondary N) is 2. The van der Waals surface area contributed by atoms with Crippen LogP contribution >= 0.6 is 0 Å². The van der Waals surface area contributed by atoms with Gasteiger partial charge in [-0.25, -0.2) is 4.79 Å². The van der Waals surface area contributed by atoms with Crippen molar-refractivity contribution in [3.8, 4) is 6.07 Å². The van der Waals surface area contributed by atoms with E-state index in [-0.39, 0.29) is 11.8 Å². The number of urea groups is 1. The largest absolute Gasteiger partial charge is 0.383 e. The second-order valence-electron chi connectivity index (χ2n) is 4.32. The first-order valence-corrected chi connectivity index (χ1v) is 6.30. The van der Waals surface area contributed by atoms with E-state index in [9.17, 15) is 4.79 Å². The van der Waals surface area contributed by atoms with Gasteiger partial charge in [0, 0.05) is 27.2 Å². The molecule has 0 spiro atoms. The lowest BCUT2D eigenvalue weighted by Gasteiger charge is -2.17. The van der Waals surface area contributed by atoms with Gasteiger partial charge < -0.3 is 20.7 Å². The average Bonchev–Trinajstić information content (AvgIpc) is 2.79. The molecule has 0 bridgehead atoms. The van der Waals surface area contributed by atoms with Gasteiger partial charge in [0.05, 0.1) is 12.3 Å². The third kappa shape index (κ3) is 4.44. The van der Waals surface area contributed by atoms with Gasteiger partial charge in [0.15, 0.2) is 5.82 Å². The Morgan fingerprint density at radius 3 is 3.05 bits per heavy atom. The van der Waals surface area contributed by atoms with Crippen LogP contribution in [0.1, 0.15) is 17.7 Å². The van der Waals surface area contributed by atoms with Crippen molar-refractivity contribution in [1.29, 1.82) is 5.26 Å². The normalized spacial score (nSPS) is 10.1. The molecule has 8 heteroatoms. The molecular formula is C12H20N6O2. The molecule has 110 valence electrons. The predicted octanol–water partition coefficient (Wildman–Crippen LogP) is 0.0840. The summed E-state index contributed by atoms with van der Waals surface area (Å²) in [4.78, 5) is 13.2. The van der Waals surface area contributed by atoms with Crippen molar-refractivity contribution in [3.05, 3.63) is 11.3 Å². The number of H-pyrrole nitrogens is 1. The van der Waals surface area contributed by atoms with Gasteiger partial charge in [-0.2, -0.15) is 10.4 Å². The molecule has 2 amide bonds. The minimum absolute atomic E-state index is 0.147. The van der Waals surface area contributed by atoms with Crippen molar-refractivity contribution >= 4 is 11.8 Å². The number of amides is 2. The van der Waals surface area contributed by atoms with Gasteiger partial charge in [-0.1, -0.05) is 0 Å². The maximum absolute atomic E-state index is 11.7. The van der Waals surface area contributed by atoms with E-state index in [4.69, 9.17) is 15.7 Å². The molecule has 1 aromatic heterocycles. The third-order valence-electron chi connectivity index (χ3n) is 2.83. The van der Waals surface area contributed by atoms with Crippen LogP contribution in [-0.2, 0) is 11.2 Å². The highest BCUT2D eigenvalue weighted by atomic mass is 16.5. The molecule has 0 aliphatic heterocycles. The lowest BCUT2D eigenvalue weighted by atomic mass is 10.1. The van der Waals surface area contributed by atoms with Crippen molar-refractivity contribution in [3.63, 3.8) is 0 Å². The van der Waals surface area contributed by atoms with Gasteiger partial charge in [-0.05, 0) is 12.8 Å². The maximum atomic E-state index is 11.7. The Morgan fingerprint density at radius 2 is 2.40 bits per heavy atom. The Kier molecular flexibility index (Phi) is 6.32. The van der Waals surface area contributed by atoms with Crippen LogP contribution in [0, 0.1) is 11.3 Å². The standard InChI is InChI=1S/C12H20N6O2/c1-18(12(19)15-5-7-20-2)6-3-4-10-9(8-13)11(14)17-16-10/h3-7H2,1-2H3,(H,15,19)(H3,14,16,17). The molecular weight excluding hydrogens is 260 g/mol. The number of aromatic amines is 1. The number of ether oxygens (including phenoxy) is 1. The summed E-state index contributed by atoms with van der Waals surface area (Å²) in [5.74, 6) is 0.216. The van der Waals surface area contributed by atoms with E-state index in [1.807, 2.05) is 6.07 Å². The van der Waals surface area contributed by atoms with E-state index in [2.05, 4.69) is 15.5 Å². The quantitative estimate of drug-likeness (QED) is 0.611. The Labute approximate surface area is 117 Å². The van der Waals surface area contributed by atoms with Crippen LogP contribution in [0.25, 0.3) is 0 Å². The molecule has 20 heavy (non-hydrogen) atoms. The van der Waals surface area contributed by atoms with E-state index in [0.717, 1.165) is 0 Å². The number of nitriles is 1. The van der Waals surface area contributed by atoms with Gasteiger partial charge in [-0.15, -0.1) is 0 Å². The average molecular weight is 280 g/mol. The zero-order chi connectivity index (χ0) is 15.0. The minimum atomic E-state index is -0.147. The van der Waals surface area contributed by atoms with Crippen LogP contribution in [0.15, 0.2) is 0 Å². The number of carbonyl (C=O) groups excluding carboxylic acids is 1. The van der Waals surface area contributed by atoms with E-state index >= 15 is 0 Å². The number of nitrogen functional groups attached to an aromatic ring is 1. The summed E-state index contributed by atoms with van der Waals surface area (Å²) in [6.07, 6.45) is 1.33. The van der Waals surface area contributed by atoms with Crippen molar-refractivity contribution in [2.24, 2.45) is 0 Å². The fourth-order valence-corrected chi connectivity index (χ4v) is 1.69. The molecule has 1 heterocycles. The van der Waals surface area contributed by atoms with E-state index in [1.165, 1.54) is 0 Å². The van der Waals surface area contributed by atoms with Crippen LogP contribution in [0.2, 0.25) is 0 Å². The first-order valence-electron chi connectivity index (χ1n) is 6.30. The number of aromatic nitrogens is 2. The number of hydrogen-bond donors (Lipinski definition) is 3. The SMILES string of the molecule is COCCNC(=O)N(C)CCCc1[nH]nc(N)c1C#N. The van der Waals surface area contributed by atoms with Crippen molar-refractivity contribution < 1.29 is 9.53 Å². The summed E-state index contributed by atoms with van der Waals surface area (Å²) >= 11 is 0.